The van der Waals surface area contributed by atoms with Crippen molar-refractivity contribution in [2.75, 3.05) is 37.6 Å². The number of halogens is 1. The molecule has 1 fully saturated rings. The fourth-order valence-corrected chi connectivity index (χ4v) is 4.85. The van der Waals surface area contributed by atoms with E-state index in [1.54, 1.807) is 30.3 Å². The number of nitrogens with one attached hydrogen (secondary N) is 1. The number of piperazine rings is 1. The third kappa shape index (κ3) is 4.37. The van der Waals surface area contributed by atoms with E-state index in [0.29, 0.717) is 53.9 Å². The molecule has 0 atom stereocenters. The molecule has 1 aliphatic heterocycles. The van der Waals surface area contributed by atoms with Crippen molar-refractivity contribution in [2.24, 2.45) is 0 Å². The Hall–Kier alpha value is -3.06. The van der Waals surface area contributed by atoms with Crippen LogP contribution < -0.4 is 10.2 Å². The lowest BCUT2D eigenvalue weighted by molar-refractivity contribution is 0.0959. The topological polar surface area (TPSA) is 95.8 Å². The molecular formula is C21H19ClN4O4S. The average molecular weight is 459 g/mol. The van der Waals surface area contributed by atoms with Crippen molar-refractivity contribution < 1.29 is 17.6 Å². The van der Waals surface area contributed by atoms with Crippen molar-refractivity contribution in [1.29, 1.82) is 0 Å². The largest absolute Gasteiger partial charge is 0.423 e. The van der Waals surface area contributed by atoms with E-state index in [1.807, 2.05) is 4.90 Å². The molecule has 31 heavy (non-hydrogen) atoms. The maximum Gasteiger partial charge on any atom is 0.298 e. The van der Waals surface area contributed by atoms with Crippen LogP contribution in [0.3, 0.4) is 0 Å². The van der Waals surface area contributed by atoms with Crippen molar-refractivity contribution in [3.63, 3.8) is 0 Å². The Morgan fingerprint density at radius 1 is 1.16 bits per heavy atom. The number of oxazole rings is 1. The van der Waals surface area contributed by atoms with Gasteiger partial charge in [0.1, 0.15) is 5.52 Å². The maximum absolute atomic E-state index is 12.8. The number of hydrogen-bond donors (Lipinski definition) is 1. The first-order valence-electron chi connectivity index (χ1n) is 9.51. The molecule has 1 aromatic heterocycles. The van der Waals surface area contributed by atoms with Gasteiger partial charge in [0.15, 0.2) is 5.58 Å². The molecule has 10 heteroatoms. The van der Waals surface area contributed by atoms with Gasteiger partial charge in [-0.05, 0) is 42.5 Å². The third-order valence-corrected chi connectivity index (χ3v) is 7.11. The molecule has 1 saturated heterocycles. The number of aromatic nitrogens is 1. The number of terminal acetylenes is 1. The van der Waals surface area contributed by atoms with Crippen molar-refractivity contribution in [1.82, 2.24) is 14.6 Å². The van der Waals surface area contributed by atoms with E-state index in [4.69, 9.17) is 22.4 Å². The van der Waals surface area contributed by atoms with Gasteiger partial charge in [0.25, 0.3) is 11.9 Å². The second-order valence-corrected chi connectivity index (χ2v) is 9.29. The van der Waals surface area contributed by atoms with E-state index < -0.39 is 10.0 Å². The highest BCUT2D eigenvalue weighted by molar-refractivity contribution is 7.89. The van der Waals surface area contributed by atoms with Crippen LogP contribution in [0.4, 0.5) is 6.01 Å². The minimum atomic E-state index is -3.59. The number of nitrogens with zero attached hydrogens (tertiary/aromatic N) is 3. The second-order valence-electron chi connectivity index (χ2n) is 6.91. The van der Waals surface area contributed by atoms with Crippen molar-refractivity contribution in [3.05, 3.63) is 53.1 Å². The minimum Gasteiger partial charge on any atom is -0.423 e. The van der Waals surface area contributed by atoms with Crippen LogP contribution in [0.2, 0.25) is 5.02 Å². The maximum atomic E-state index is 12.8. The van der Waals surface area contributed by atoms with E-state index in [0.717, 1.165) is 0 Å². The molecule has 0 spiro atoms. The van der Waals surface area contributed by atoms with Gasteiger partial charge in [-0.1, -0.05) is 17.5 Å². The number of benzene rings is 2. The Kier molecular flexibility index (Phi) is 5.87. The van der Waals surface area contributed by atoms with E-state index in [-0.39, 0.29) is 17.3 Å². The number of sulfonamides is 1. The highest BCUT2D eigenvalue weighted by Gasteiger charge is 2.30. The summed E-state index contributed by atoms with van der Waals surface area (Å²) >= 11 is 5.85. The van der Waals surface area contributed by atoms with E-state index in [1.165, 1.54) is 16.4 Å². The van der Waals surface area contributed by atoms with Crippen LogP contribution in [-0.4, -0.2) is 56.3 Å². The van der Waals surface area contributed by atoms with E-state index in [2.05, 4.69) is 16.2 Å². The average Bonchev–Trinajstić information content (AvgIpc) is 3.21. The number of carbonyl (C=O) groups excluding carboxylic acids is 1. The molecular weight excluding hydrogens is 440 g/mol. The molecule has 2 aromatic carbocycles. The molecule has 8 nitrogen and oxygen atoms in total. The van der Waals surface area contributed by atoms with Gasteiger partial charge in [-0.2, -0.15) is 9.29 Å². The van der Waals surface area contributed by atoms with Gasteiger partial charge in [-0.3, -0.25) is 4.79 Å². The van der Waals surface area contributed by atoms with Crippen LogP contribution in [0, 0.1) is 12.3 Å². The zero-order valence-electron chi connectivity index (χ0n) is 16.4. The SMILES string of the molecule is C#CCNC(=O)c1ccc2oc(N3CCN(S(=O)(=O)c4ccc(Cl)cc4)CC3)nc2c1. The summed E-state index contributed by atoms with van der Waals surface area (Å²) in [5.74, 6) is 2.07. The normalized spacial score (nSPS) is 15.0. The first-order chi connectivity index (χ1) is 14.9. The van der Waals surface area contributed by atoms with Crippen LogP contribution in [0.5, 0.6) is 0 Å². The van der Waals surface area contributed by atoms with Gasteiger partial charge in [0, 0.05) is 36.8 Å². The summed E-state index contributed by atoms with van der Waals surface area (Å²) in [6, 6.07) is 11.5. The van der Waals surface area contributed by atoms with E-state index in [9.17, 15) is 13.2 Å². The van der Waals surface area contributed by atoms with Gasteiger partial charge in [-0.25, -0.2) is 8.42 Å². The highest BCUT2D eigenvalue weighted by Crippen LogP contribution is 2.25. The molecule has 0 aliphatic carbocycles. The Balaban J connectivity index is 1.46. The highest BCUT2D eigenvalue weighted by atomic mass is 35.5. The zero-order valence-corrected chi connectivity index (χ0v) is 18.0. The monoisotopic (exact) mass is 458 g/mol. The van der Waals surface area contributed by atoms with Crippen LogP contribution in [0.1, 0.15) is 10.4 Å². The molecule has 1 amide bonds. The summed E-state index contributed by atoms with van der Waals surface area (Å²) in [5, 5.41) is 3.09. The first-order valence-corrected chi connectivity index (χ1v) is 11.3. The second kappa shape index (κ2) is 8.59. The molecule has 0 radical (unpaired) electrons. The molecule has 0 saturated carbocycles. The summed E-state index contributed by atoms with van der Waals surface area (Å²) in [6.07, 6.45) is 5.16. The molecule has 3 aromatic rings. The summed E-state index contributed by atoms with van der Waals surface area (Å²) in [6.45, 7) is 1.58. The molecule has 0 unspecified atom stereocenters. The van der Waals surface area contributed by atoms with Gasteiger partial charge in [-0.15, -0.1) is 6.42 Å². The lowest BCUT2D eigenvalue weighted by atomic mass is 10.2. The quantitative estimate of drug-likeness (QED) is 0.590. The fraction of sp³-hybridized carbons (Fsp3) is 0.238. The third-order valence-electron chi connectivity index (χ3n) is 4.95. The van der Waals surface area contributed by atoms with Crippen LogP contribution in [0.15, 0.2) is 51.8 Å². The predicted octanol–water partition coefficient (Wildman–Crippen LogP) is 2.36. The molecule has 160 valence electrons. The lowest BCUT2D eigenvalue weighted by Gasteiger charge is -2.33. The Morgan fingerprint density at radius 2 is 1.87 bits per heavy atom. The van der Waals surface area contributed by atoms with Gasteiger partial charge >= 0.3 is 0 Å². The Morgan fingerprint density at radius 3 is 2.55 bits per heavy atom. The smallest absolute Gasteiger partial charge is 0.298 e. The molecule has 1 aliphatic rings. The number of anilines is 1. The number of hydrogen-bond acceptors (Lipinski definition) is 6. The van der Waals surface area contributed by atoms with Crippen molar-refractivity contribution in [3.8, 4) is 12.3 Å². The summed E-state index contributed by atoms with van der Waals surface area (Å²) in [4.78, 5) is 18.6. The number of carbonyl (C=O) groups is 1. The van der Waals surface area contributed by atoms with Gasteiger partial charge in [0.05, 0.1) is 11.4 Å². The lowest BCUT2D eigenvalue weighted by Crippen LogP contribution is -2.48. The minimum absolute atomic E-state index is 0.143. The number of rotatable bonds is 5. The number of amides is 1. The predicted molar refractivity (Wildman–Crippen MR) is 118 cm³/mol. The van der Waals surface area contributed by atoms with E-state index >= 15 is 0 Å². The van der Waals surface area contributed by atoms with Crippen LogP contribution >= 0.6 is 11.6 Å². The summed E-state index contributed by atoms with van der Waals surface area (Å²) in [5.41, 5.74) is 1.51. The summed E-state index contributed by atoms with van der Waals surface area (Å²) < 4.78 is 32.9. The summed E-state index contributed by atoms with van der Waals surface area (Å²) in [7, 11) is -3.59. The first kappa shape index (κ1) is 21.2. The van der Waals surface area contributed by atoms with Crippen molar-refractivity contribution >= 4 is 44.6 Å². The standard InChI is InChI=1S/C21H19ClN4O4S/c1-2-9-23-20(27)15-3-8-19-18(14-15)24-21(30-19)25-10-12-26(13-11-25)31(28,29)17-6-4-16(22)5-7-17/h1,3-8,14H,9-13H2,(H,23,27). The van der Waals surface area contributed by atoms with Crippen LogP contribution in [0.25, 0.3) is 11.1 Å². The molecule has 0 bridgehead atoms. The molecule has 2 heterocycles. The molecule has 1 N–H and O–H groups in total. The molecule has 4 rings (SSSR count). The Bertz CT molecular complexity index is 1260. The Labute approximate surface area is 184 Å². The van der Waals surface area contributed by atoms with Crippen LogP contribution in [-0.2, 0) is 10.0 Å². The number of fused-ring (bicyclic) bond motifs is 1. The van der Waals surface area contributed by atoms with Gasteiger partial charge in [0.2, 0.25) is 10.0 Å². The fourth-order valence-electron chi connectivity index (χ4n) is 3.30. The van der Waals surface area contributed by atoms with Gasteiger partial charge < -0.3 is 14.6 Å². The van der Waals surface area contributed by atoms with Crippen molar-refractivity contribution in [2.45, 2.75) is 4.90 Å². The zero-order chi connectivity index (χ0) is 22.0.